The summed E-state index contributed by atoms with van der Waals surface area (Å²) in [6.45, 7) is 1.95. The fourth-order valence-corrected chi connectivity index (χ4v) is 3.27. The van der Waals surface area contributed by atoms with Crippen LogP contribution in [0.5, 0.6) is 0 Å². The number of pyridine rings is 1. The Morgan fingerprint density at radius 3 is 2.73 bits per heavy atom. The van der Waals surface area contributed by atoms with Crippen molar-refractivity contribution in [1.82, 2.24) is 14.9 Å². The fourth-order valence-electron chi connectivity index (χ4n) is 2.43. The van der Waals surface area contributed by atoms with Crippen LogP contribution in [0.15, 0.2) is 41.3 Å². The molecule has 134 valence electrons. The van der Waals surface area contributed by atoms with Crippen molar-refractivity contribution in [3.05, 3.63) is 46.9 Å². The molecule has 0 saturated heterocycles. The third-order valence-electron chi connectivity index (χ3n) is 3.57. The highest BCUT2D eigenvalue weighted by atomic mass is 32.1. The van der Waals surface area contributed by atoms with E-state index in [-0.39, 0.29) is 11.6 Å². The van der Waals surface area contributed by atoms with Crippen LogP contribution in [0.1, 0.15) is 6.92 Å². The van der Waals surface area contributed by atoms with E-state index in [9.17, 15) is 14.4 Å². The molecule has 0 aliphatic rings. The zero-order valence-electron chi connectivity index (χ0n) is 13.9. The molecule has 2 amide bonds. The predicted molar refractivity (Wildman–Crippen MR) is 99.6 cm³/mol. The van der Waals surface area contributed by atoms with Crippen LogP contribution >= 0.6 is 11.3 Å². The second-order valence-corrected chi connectivity index (χ2v) is 6.49. The average molecular weight is 372 g/mol. The van der Waals surface area contributed by atoms with Gasteiger partial charge in [0.1, 0.15) is 6.54 Å². The minimum absolute atomic E-state index is 0.312. The number of carbonyl (C=O) groups excluding carboxylic acids is 1. The van der Waals surface area contributed by atoms with E-state index >= 15 is 0 Å². The molecule has 0 fully saturated rings. The number of fused-ring (bicyclic) bond motifs is 1. The van der Waals surface area contributed by atoms with Gasteiger partial charge in [0.2, 0.25) is 0 Å². The van der Waals surface area contributed by atoms with Crippen LogP contribution in [0.3, 0.4) is 0 Å². The number of hydrogen-bond acceptors (Lipinski definition) is 5. The highest BCUT2D eigenvalue weighted by Crippen LogP contribution is 2.29. The van der Waals surface area contributed by atoms with Crippen LogP contribution in [0.2, 0.25) is 0 Å². The van der Waals surface area contributed by atoms with Crippen LogP contribution < -0.4 is 16.2 Å². The van der Waals surface area contributed by atoms with Crippen molar-refractivity contribution in [3.8, 4) is 11.1 Å². The summed E-state index contributed by atoms with van der Waals surface area (Å²) in [6, 6.07) is 8.24. The van der Waals surface area contributed by atoms with Gasteiger partial charge in [-0.2, -0.15) is 0 Å². The van der Waals surface area contributed by atoms with Crippen molar-refractivity contribution in [2.24, 2.45) is 0 Å². The number of urea groups is 1. The summed E-state index contributed by atoms with van der Waals surface area (Å²) in [5, 5.41) is 14.7. The molecule has 0 spiro atoms. The number of nitrogens with zero attached hydrogens (tertiary/aromatic N) is 2. The van der Waals surface area contributed by atoms with E-state index in [4.69, 9.17) is 5.11 Å². The molecule has 0 radical (unpaired) electrons. The van der Waals surface area contributed by atoms with E-state index in [1.807, 2.05) is 25.1 Å². The monoisotopic (exact) mass is 372 g/mol. The molecule has 3 aromatic rings. The molecule has 3 rings (SSSR count). The number of nitrogens with one attached hydrogen (secondary N) is 2. The summed E-state index contributed by atoms with van der Waals surface area (Å²) in [5.41, 5.74) is 1.83. The SMILES string of the molecule is CCNC(=O)Nc1nc2cc(-c3ccc(=O)n(CC(=O)O)c3)ccc2s1. The van der Waals surface area contributed by atoms with E-state index in [0.717, 1.165) is 14.8 Å². The van der Waals surface area contributed by atoms with E-state index in [1.54, 1.807) is 6.07 Å². The lowest BCUT2D eigenvalue weighted by atomic mass is 10.1. The number of amides is 2. The third-order valence-corrected chi connectivity index (χ3v) is 4.52. The van der Waals surface area contributed by atoms with Crippen LogP contribution in [0.4, 0.5) is 9.93 Å². The van der Waals surface area contributed by atoms with E-state index in [1.165, 1.54) is 23.6 Å². The van der Waals surface area contributed by atoms with Gasteiger partial charge in [-0.1, -0.05) is 17.4 Å². The van der Waals surface area contributed by atoms with Crippen LogP contribution in [-0.2, 0) is 11.3 Å². The van der Waals surface area contributed by atoms with Crippen LogP contribution in [-0.4, -0.2) is 33.2 Å². The van der Waals surface area contributed by atoms with Gasteiger partial charge in [-0.15, -0.1) is 0 Å². The van der Waals surface area contributed by atoms with Gasteiger partial charge in [-0.25, -0.2) is 9.78 Å². The van der Waals surface area contributed by atoms with Gasteiger partial charge >= 0.3 is 12.0 Å². The quantitative estimate of drug-likeness (QED) is 0.636. The smallest absolute Gasteiger partial charge is 0.323 e. The predicted octanol–water partition coefficient (Wildman–Crippen LogP) is 2.35. The number of anilines is 1. The molecule has 0 unspecified atom stereocenters. The Balaban J connectivity index is 1.92. The highest BCUT2D eigenvalue weighted by molar-refractivity contribution is 7.22. The van der Waals surface area contributed by atoms with E-state index < -0.39 is 12.5 Å². The van der Waals surface area contributed by atoms with Crippen molar-refractivity contribution >= 4 is 38.7 Å². The maximum atomic E-state index is 11.8. The van der Waals surface area contributed by atoms with Gasteiger partial charge in [0, 0.05) is 18.8 Å². The minimum atomic E-state index is -1.08. The number of aliphatic carboxylic acids is 1. The van der Waals surface area contributed by atoms with Crippen LogP contribution in [0, 0.1) is 0 Å². The average Bonchev–Trinajstić information content (AvgIpc) is 2.97. The number of benzene rings is 1. The van der Waals surface area contributed by atoms with Crippen LogP contribution in [0.25, 0.3) is 21.3 Å². The molecule has 0 aliphatic carbocycles. The number of rotatable bonds is 5. The molecule has 0 bridgehead atoms. The number of aromatic nitrogens is 2. The first kappa shape index (κ1) is 17.6. The first-order valence-corrected chi connectivity index (χ1v) is 8.66. The zero-order valence-corrected chi connectivity index (χ0v) is 14.7. The molecule has 2 aromatic heterocycles. The molecule has 0 aliphatic heterocycles. The first-order valence-electron chi connectivity index (χ1n) is 7.84. The number of carboxylic acid groups (broad SMARTS) is 1. The summed E-state index contributed by atoms with van der Waals surface area (Å²) in [4.78, 5) is 38.6. The summed E-state index contributed by atoms with van der Waals surface area (Å²) in [7, 11) is 0. The molecule has 8 nitrogen and oxygen atoms in total. The van der Waals surface area contributed by atoms with Gasteiger partial charge in [0.15, 0.2) is 5.13 Å². The summed E-state index contributed by atoms with van der Waals surface area (Å²) >= 11 is 1.35. The van der Waals surface area contributed by atoms with Crippen molar-refractivity contribution in [3.63, 3.8) is 0 Å². The lowest BCUT2D eigenvalue weighted by molar-refractivity contribution is -0.137. The lowest BCUT2D eigenvalue weighted by Crippen LogP contribution is -2.28. The minimum Gasteiger partial charge on any atom is -0.480 e. The Morgan fingerprint density at radius 2 is 2.00 bits per heavy atom. The van der Waals surface area contributed by atoms with Crippen molar-refractivity contribution < 1.29 is 14.7 Å². The normalized spacial score (nSPS) is 10.7. The Labute approximate surface area is 152 Å². The van der Waals surface area contributed by atoms with Crippen molar-refractivity contribution in [2.45, 2.75) is 13.5 Å². The Morgan fingerprint density at radius 1 is 1.23 bits per heavy atom. The largest absolute Gasteiger partial charge is 0.480 e. The number of hydrogen-bond donors (Lipinski definition) is 3. The number of carbonyl (C=O) groups is 2. The Kier molecular flexibility index (Phi) is 4.99. The van der Waals surface area contributed by atoms with Gasteiger partial charge in [0.05, 0.1) is 10.2 Å². The molecular formula is C17H16N4O4S. The highest BCUT2D eigenvalue weighted by Gasteiger charge is 2.10. The molecular weight excluding hydrogens is 356 g/mol. The molecule has 3 N–H and O–H groups in total. The van der Waals surface area contributed by atoms with Gasteiger partial charge in [0.25, 0.3) is 5.56 Å². The molecule has 0 atom stereocenters. The number of thiazole rings is 1. The fraction of sp³-hybridized carbons (Fsp3) is 0.176. The standard InChI is InChI=1S/C17H16N4O4S/c1-2-18-16(25)20-17-19-12-7-10(3-5-13(12)26-17)11-4-6-14(22)21(8-11)9-15(23)24/h3-8H,2,9H2,1H3,(H,23,24)(H2,18,19,20,25). The van der Waals surface area contributed by atoms with E-state index in [2.05, 4.69) is 15.6 Å². The Hall–Kier alpha value is -3.20. The molecule has 1 aromatic carbocycles. The third kappa shape index (κ3) is 3.89. The maximum Gasteiger partial charge on any atom is 0.323 e. The summed E-state index contributed by atoms with van der Waals surface area (Å²) < 4.78 is 2.05. The topological polar surface area (TPSA) is 113 Å². The molecule has 26 heavy (non-hydrogen) atoms. The van der Waals surface area contributed by atoms with Gasteiger partial charge in [-0.3, -0.25) is 14.9 Å². The zero-order chi connectivity index (χ0) is 18.7. The second-order valence-electron chi connectivity index (χ2n) is 5.46. The molecule has 9 heteroatoms. The number of carboxylic acids is 1. The van der Waals surface area contributed by atoms with Gasteiger partial charge in [-0.05, 0) is 36.2 Å². The summed E-state index contributed by atoms with van der Waals surface area (Å²) in [6.07, 6.45) is 1.51. The molecule has 0 saturated carbocycles. The lowest BCUT2D eigenvalue weighted by Gasteiger charge is -2.06. The van der Waals surface area contributed by atoms with E-state index in [0.29, 0.717) is 22.8 Å². The second kappa shape index (κ2) is 7.36. The Bertz CT molecular complexity index is 1040. The first-order chi connectivity index (χ1) is 12.5. The van der Waals surface area contributed by atoms with Crippen molar-refractivity contribution in [2.75, 3.05) is 11.9 Å². The summed E-state index contributed by atoms with van der Waals surface area (Å²) in [5.74, 6) is -1.08. The van der Waals surface area contributed by atoms with Crippen molar-refractivity contribution in [1.29, 1.82) is 0 Å². The molecule has 2 heterocycles. The maximum absolute atomic E-state index is 11.8. The van der Waals surface area contributed by atoms with Gasteiger partial charge < -0.3 is 15.0 Å².